The molecule has 3 N–H and O–H groups in total. The zero-order valence-electron chi connectivity index (χ0n) is 13.2. The molecule has 0 aromatic heterocycles. The number of allylic oxidation sites excluding steroid dienone is 3. The predicted octanol–water partition coefficient (Wildman–Crippen LogP) is 2.53. The van der Waals surface area contributed by atoms with E-state index in [1.807, 2.05) is 0 Å². The highest BCUT2D eigenvalue weighted by molar-refractivity contribution is 5.47. The third kappa shape index (κ3) is 1.62. The van der Waals surface area contributed by atoms with Gasteiger partial charge in [0.15, 0.2) is 0 Å². The first-order chi connectivity index (χ1) is 10.1. The summed E-state index contributed by atoms with van der Waals surface area (Å²) in [5.74, 6) is 0.421. The Morgan fingerprint density at radius 2 is 2.33 bits per heavy atom. The normalized spacial score (nSPS) is 44.5. The number of hydrogen-bond donors (Lipinski definition) is 2. The molecule has 1 saturated carbocycles. The van der Waals surface area contributed by atoms with E-state index in [-0.39, 0.29) is 11.0 Å². The third-order valence-electron chi connectivity index (χ3n) is 6.44. The van der Waals surface area contributed by atoms with Crippen LogP contribution in [0.3, 0.4) is 0 Å². The monoisotopic (exact) mass is 285 g/mol. The summed E-state index contributed by atoms with van der Waals surface area (Å²) in [5.41, 5.74) is 10.0. The molecule has 3 nitrogen and oxygen atoms in total. The fourth-order valence-corrected chi connectivity index (χ4v) is 5.36. The van der Waals surface area contributed by atoms with Gasteiger partial charge in [-0.1, -0.05) is 19.1 Å². The van der Waals surface area contributed by atoms with Crippen LogP contribution in [-0.4, -0.2) is 29.6 Å². The molecule has 0 bridgehead atoms. The second kappa shape index (κ2) is 4.47. The van der Waals surface area contributed by atoms with Gasteiger partial charge in [0.2, 0.25) is 0 Å². The van der Waals surface area contributed by atoms with Crippen molar-refractivity contribution in [3.63, 3.8) is 0 Å². The molecule has 0 aromatic rings. The smallest absolute Gasteiger partial charge is 0.0391 e. The van der Waals surface area contributed by atoms with Crippen molar-refractivity contribution in [2.24, 2.45) is 17.1 Å². The summed E-state index contributed by atoms with van der Waals surface area (Å²) in [6.45, 7) is 7.06. The highest BCUT2D eigenvalue weighted by Crippen LogP contribution is 2.59. The van der Waals surface area contributed by atoms with Gasteiger partial charge in [-0.05, 0) is 57.3 Å². The molecule has 4 atom stereocenters. The van der Waals surface area contributed by atoms with Crippen LogP contribution in [0.2, 0.25) is 0 Å². The number of rotatable bonds is 2. The van der Waals surface area contributed by atoms with E-state index >= 15 is 0 Å². The molecule has 0 aromatic carbocycles. The maximum Gasteiger partial charge on any atom is 0.0391 e. The van der Waals surface area contributed by atoms with E-state index in [1.54, 1.807) is 5.57 Å². The minimum atomic E-state index is -0.0818. The van der Waals surface area contributed by atoms with Gasteiger partial charge < -0.3 is 11.1 Å². The Balaban J connectivity index is 1.78. The Morgan fingerprint density at radius 1 is 1.48 bits per heavy atom. The predicted molar refractivity (Wildman–Crippen MR) is 86.5 cm³/mol. The van der Waals surface area contributed by atoms with E-state index in [0.717, 1.165) is 12.8 Å². The van der Waals surface area contributed by atoms with Crippen LogP contribution in [0.5, 0.6) is 0 Å². The molecule has 0 radical (unpaired) electrons. The maximum atomic E-state index is 7.10. The van der Waals surface area contributed by atoms with Crippen molar-refractivity contribution in [1.29, 1.82) is 0 Å². The van der Waals surface area contributed by atoms with Gasteiger partial charge in [0, 0.05) is 34.8 Å². The van der Waals surface area contributed by atoms with Crippen LogP contribution >= 0.6 is 0 Å². The van der Waals surface area contributed by atoms with Crippen LogP contribution in [0.25, 0.3) is 0 Å². The summed E-state index contributed by atoms with van der Waals surface area (Å²) in [5, 5.41) is 3.52. The number of nitrogens with one attached hydrogen (secondary N) is 1. The largest absolute Gasteiger partial charge is 0.364 e. The van der Waals surface area contributed by atoms with Crippen molar-refractivity contribution in [2.75, 3.05) is 13.1 Å². The number of nitrogens with two attached hydrogens (primary N) is 1. The lowest BCUT2D eigenvalue weighted by Gasteiger charge is -2.60. The van der Waals surface area contributed by atoms with E-state index < -0.39 is 0 Å². The van der Waals surface area contributed by atoms with Crippen molar-refractivity contribution < 1.29 is 0 Å². The molecular formula is C18H27N3. The summed E-state index contributed by atoms with van der Waals surface area (Å²) >= 11 is 0. The third-order valence-corrected chi connectivity index (χ3v) is 6.44. The second-order valence-corrected chi connectivity index (χ2v) is 7.43. The van der Waals surface area contributed by atoms with Crippen molar-refractivity contribution in [1.82, 2.24) is 10.2 Å². The minimum Gasteiger partial charge on any atom is -0.364 e. The quantitative estimate of drug-likeness (QED) is 0.819. The number of piperidine rings is 1. The van der Waals surface area contributed by atoms with Crippen molar-refractivity contribution in [2.45, 2.75) is 51.1 Å². The standard InChI is InChI=1S/C18H27N3/c1-3-9-21-10-5-8-18(19)14-6-4-7-15-17(14,2)13(12-20-15)11-16(18)21/h4,6-7,12,14,16,20H,3,5,8-11,19H2,1-2H3/t14?,16-,17?,18+/m1/s1. The number of nitrogens with zero attached hydrogens (tertiary/aromatic N) is 1. The van der Waals surface area contributed by atoms with Gasteiger partial charge in [-0.3, -0.25) is 4.90 Å². The lowest BCUT2D eigenvalue weighted by Crippen LogP contribution is -2.70. The average Bonchev–Trinajstić information content (AvgIpc) is 2.78. The topological polar surface area (TPSA) is 41.3 Å². The van der Waals surface area contributed by atoms with Crippen LogP contribution in [-0.2, 0) is 0 Å². The fraction of sp³-hybridized carbons (Fsp3) is 0.667. The maximum absolute atomic E-state index is 7.10. The lowest BCUT2D eigenvalue weighted by atomic mass is 9.52. The SMILES string of the molecule is CCCN1CCC[C@]2(N)C3C=CC=C4NC=C(C[C@@H]12)C43C. The Bertz CT molecular complexity index is 545. The Hall–Kier alpha value is -1.06. The van der Waals surface area contributed by atoms with E-state index in [4.69, 9.17) is 5.73 Å². The second-order valence-electron chi connectivity index (χ2n) is 7.43. The first kappa shape index (κ1) is 13.6. The first-order valence-electron chi connectivity index (χ1n) is 8.48. The zero-order valence-corrected chi connectivity index (χ0v) is 13.2. The molecule has 114 valence electrons. The molecule has 3 heteroatoms. The van der Waals surface area contributed by atoms with Gasteiger partial charge in [-0.2, -0.15) is 0 Å². The van der Waals surface area contributed by atoms with Crippen LogP contribution in [0.1, 0.15) is 39.5 Å². The summed E-state index contributed by atoms with van der Waals surface area (Å²) in [4.78, 5) is 2.66. The van der Waals surface area contributed by atoms with Crippen molar-refractivity contribution in [3.05, 3.63) is 35.7 Å². The molecule has 2 heterocycles. The molecule has 0 amide bonds. The van der Waals surface area contributed by atoms with Gasteiger partial charge in [0.25, 0.3) is 0 Å². The minimum absolute atomic E-state index is 0.0818. The van der Waals surface area contributed by atoms with E-state index in [1.165, 1.54) is 31.6 Å². The lowest BCUT2D eigenvalue weighted by molar-refractivity contribution is -0.00224. The van der Waals surface area contributed by atoms with Crippen LogP contribution < -0.4 is 11.1 Å². The molecule has 4 aliphatic rings. The molecule has 2 aliphatic carbocycles. The molecule has 2 aliphatic heterocycles. The van der Waals surface area contributed by atoms with E-state index in [2.05, 4.69) is 48.5 Å². The summed E-state index contributed by atoms with van der Waals surface area (Å²) in [6, 6.07) is 0.499. The summed E-state index contributed by atoms with van der Waals surface area (Å²) < 4.78 is 0. The summed E-state index contributed by atoms with van der Waals surface area (Å²) in [7, 11) is 0. The van der Waals surface area contributed by atoms with Gasteiger partial charge >= 0.3 is 0 Å². The average molecular weight is 285 g/mol. The van der Waals surface area contributed by atoms with Gasteiger partial charge in [0.1, 0.15) is 0 Å². The van der Waals surface area contributed by atoms with E-state index in [9.17, 15) is 0 Å². The molecular weight excluding hydrogens is 258 g/mol. The molecule has 0 spiro atoms. The number of fused-ring (bicyclic) bond motifs is 2. The van der Waals surface area contributed by atoms with E-state index in [0.29, 0.717) is 12.0 Å². The highest BCUT2D eigenvalue weighted by Gasteiger charge is 2.60. The molecule has 2 fully saturated rings. The number of likely N-dealkylation sites (tertiary alicyclic amines) is 1. The molecule has 21 heavy (non-hydrogen) atoms. The zero-order chi connectivity index (χ0) is 14.7. The van der Waals surface area contributed by atoms with Gasteiger partial charge in [0.05, 0.1) is 0 Å². The first-order valence-corrected chi connectivity index (χ1v) is 8.48. The van der Waals surface area contributed by atoms with Crippen LogP contribution in [0.4, 0.5) is 0 Å². The fourth-order valence-electron chi connectivity index (χ4n) is 5.36. The molecule has 1 saturated heterocycles. The van der Waals surface area contributed by atoms with Crippen LogP contribution in [0, 0.1) is 11.3 Å². The Morgan fingerprint density at radius 3 is 3.14 bits per heavy atom. The summed E-state index contributed by atoms with van der Waals surface area (Å²) in [6.07, 6.45) is 13.8. The molecule has 2 unspecified atom stereocenters. The van der Waals surface area contributed by atoms with Gasteiger partial charge in [-0.15, -0.1) is 0 Å². The highest BCUT2D eigenvalue weighted by atomic mass is 15.2. The molecule has 4 rings (SSSR count). The number of hydrogen-bond acceptors (Lipinski definition) is 3. The Labute approximate surface area is 128 Å². The van der Waals surface area contributed by atoms with Gasteiger partial charge in [-0.25, -0.2) is 0 Å². The van der Waals surface area contributed by atoms with Crippen molar-refractivity contribution >= 4 is 0 Å². The van der Waals surface area contributed by atoms with Crippen molar-refractivity contribution in [3.8, 4) is 0 Å². The van der Waals surface area contributed by atoms with Crippen LogP contribution in [0.15, 0.2) is 35.7 Å². The Kier molecular flexibility index (Phi) is 2.89.